The van der Waals surface area contributed by atoms with Crippen molar-refractivity contribution >= 4 is 5.97 Å². The van der Waals surface area contributed by atoms with Gasteiger partial charge < -0.3 is 4.74 Å². The molecule has 0 aromatic heterocycles. The molecule has 0 bridgehead atoms. The molecule has 0 N–H and O–H groups in total. The lowest BCUT2D eigenvalue weighted by molar-refractivity contribution is -0.144. The minimum absolute atomic E-state index is 0.0449. The summed E-state index contributed by atoms with van der Waals surface area (Å²) < 4.78 is 5.48. The Morgan fingerprint density at radius 1 is 0.839 bits per heavy atom. The molecule has 31 heavy (non-hydrogen) atoms. The molecule has 2 heteroatoms. The van der Waals surface area contributed by atoms with Gasteiger partial charge in [0, 0.05) is 6.42 Å². The highest BCUT2D eigenvalue weighted by atomic mass is 16.5. The lowest BCUT2D eigenvalue weighted by Crippen LogP contribution is -2.52. The minimum Gasteiger partial charge on any atom is -0.466 e. The van der Waals surface area contributed by atoms with Crippen LogP contribution in [0.2, 0.25) is 0 Å². The number of esters is 1. The Morgan fingerprint density at radius 2 is 1.68 bits per heavy atom. The van der Waals surface area contributed by atoms with Gasteiger partial charge in [-0.3, -0.25) is 4.79 Å². The van der Waals surface area contributed by atoms with Crippen LogP contribution in [-0.4, -0.2) is 12.6 Å². The van der Waals surface area contributed by atoms with E-state index < -0.39 is 0 Å². The minimum atomic E-state index is 0.0449. The third kappa shape index (κ3) is 4.74. The molecule has 0 radical (unpaired) electrons. The Balaban J connectivity index is 1.26. The average Bonchev–Trinajstić information content (AvgIpc) is 3.09. The lowest BCUT2D eigenvalue weighted by atomic mass is 9.45. The average molecular weight is 431 g/mol. The fourth-order valence-corrected chi connectivity index (χ4v) is 9.16. The normalized spacial score (nSPS) is 41.8. The smallest absolute Gasteiger partial charge is 0.305 e. The summed E-state index contributed by atoms with van der Waals surface area (Å²) in [7, 11) is 0. The van der Waals surface area contributed by atoms with Gasteiger partial charge in [0.25, 0.3) is 0 Å². The maximum Gasteiger partial charge on any atom is 0.305 e. The van der Waals surface area contributed by atoms with E-state index >= 15 is 0 Å². The molecule has 7 atom stereocenters. The predicted octanol–water partition coefficient (Wildman–Crippen LogP) is 8.33. The second kappa shape index (κ2) is 10.2. The maximum atomic E-state index is 12.1. The van der Waals surface area contributed by atoms with Crippen molar-refractivity contribution < 1.29 is 9.53 Å². The van der Waals surface area contributed by atoms with Crippen LogP contribution in [0.5, 0.6) is 0 Å². The van der Waals surface area contributed by atoms with E-state index in [4.69, 9.17) is 4.74 Å². The molecule has 0 spiro atoms. The van der Waals surface area contributed by atoms with Crippen molar-refractivity contribution in [3.05, 3.63) is 0 Å². The summed E-state index contributed by atoms with van der Waals surface area (Å²) in [6, 6.07) is 0. The maximum absolute atomic E-state index is 12.1. The van der Waals surface area contributed by atoms with Crippen LogP contribution in [0, 0.1) is 40.4 Å². The Bertz CT molecular complexity index is 600. The van der Waals surface area contributed by atoms with Crippen LogP contribution in [0.15, 0.2) is 0 Å². The van der Waals surface area contributed by atoms with Crippen LogP contribution in [0.3, 0.4) is 0 Å². The standard InChI is InChI=1S/C29H50O2/c1-4-5-6-9-21-31-27(30)13-10-12-23-15-17-25-24-16-14-22-11-7-8-19-28(22,2)26(24)18-20-29(23,25)3/h22-26H,4-21H2,1-3H3. The van der Waals surface area contributed by atoms with Crippen molar-refractivity contribution in [2.24, 2.45) is 40.4 Å². The number of rotatable bonds is 9. The van der Waals surface area contributed by atoms with Gasteiger partial charge in [0.05, 0.1) is 6.61 Å². The summed E-state index contributed by atoms with van der Waals surface area (Å²) in [6.45, 7) is 8.18. The van der Waals surface area contributed by atoms with Crippen LogP contribution in [0.4, 0.5) is 0 Å². The summed E-state index contributed by atoms with van der Waals surface area (Å²) in [6.07, 6.45) is 22.5. The van der Waals surface area contributed by atoms with Gasteiger partial charge in [-0.05, 0) is 111 Å². The zero-order valence-electron chi connectivity index (χ0n) is 20.9. The molecule has 4 aliphatic rings. The fraction of sp³-hybridized carbons (Fsp3) is 0.966. The van der Waals surface area contributed by atoms with Gasteiger partial charge in [0.15, 0.2) is 0 Å². The number of ether oxygens (including phenoxy) is 1. The van der Waals surface area contributed by atoms with Gasteiger partial charge >= 0.3 is 5.97 Å². The largest absolute Gasteiger partial charge is 0.466 e. The van der Waals surface area contributed by atoms with Crippen molar-refractivity contribution in [3.8, 4) is 0 Å². The Labute approximate surface area is 192 Å². The number of fused-ring (bicyclic) bond motifs is 5. The number of hydrogen-bond donors (Lipinski definition) is 0. The SMILES string of the molecule is CCCCCCOC(=O)CCCC1CCC2C3CCC4CCCCC4(C)C3CCC12C. The van der Waals surface area contributed by atoms with Crippen molar-refractivity contribution in [3.63, 3.8) is 0 Å². The monoisotopic (exact) mass is 430 g/mol. The highest BCUT2D eigenvalue weighted by molar-refractivity contribution is 5.69. The zero-order chi connectivity index (χ0) is 21.9. The van der Waals surface area contributed by atoms with Crippen LogP contribution in [0.1, 0.15) is 130 Å². The molecule has 4 aliphatic carbocycles. The first kappa shape index (κ1) is 23.6. The van der Waals surface area contributed by atoms with Gasteiger partial charge in [0.1, 0.15) is 0 Å². The van der Waals surface area contributed by atoms with Crippen molar-refractivity contribution in [1.82, 2.24) is 0 Å². The zero-order valence-corrected chi connectivity index (χ0v) is 20.9. The van der Waals surface area contributed by atoms with Crippen molar-refractivity contribution in [2.75, 3.05) is 6.61 Å². The molecule has 178 valence electrons. The number of carbonyl (C=O) groups is 1. The van der Waals surface area contributed by atoms with Crippen LogP contribution in [-0.2, 0) is 9.53 Å². The molecular formula is C29H50O2. The molecule has 7 unspecified atom stereocenters. The van der Waals surface area contributed by atoms with E-state index in [2.05, 4.69) is 20.8 Å². The van der Waals surface area contributed by atoms with Gasteiger partial charge in [-0.1, -0.05) is 52.9 Å². The first-order chi connectivity index (χ1) is 15.0. The molecule has 4 saturated carbocycles. The lowest BCUT2D eigenvalue weighted by Gasteiger charge is -2.60. The Morgan fingerprint density at radius 3 is 2.52 bits per heavy atom. The number of carbonyl (C=O) groups excluding carboxylic acids is 1. The summed E-state index contributed by atoms with van der Waals surface area (Å²) in [5.74, 6) is 4.87. The van der Waals surface area contributed by atoms with E-state index in [0.717, 1.165) is 42.4 Å². The molecule has 0 saturated heterocycles. The summed E-state index contributed by atoms with van der Waals surface area (Å²) in [5.41, 5.74) is 1.20. The molecule has 0 heterocycles. The van der Waals surface area contributed by atoms with Crippen LogP contribution in [0.25, 0.3) is 0 Å². The summed E-state index contributed by atoms with van der Waals surface area (Å²) in [4.78, 5) is 12.1. The molecular weight excluding hydrogens is 380 g/mol. The molecule has 0 aliphatic heterocycles. The van der Waals surface area contributed by atoms with E-state index in [1.807, 2.05) is 0 Å². The van der Waals surface area contributed by atoms with Crippen LogP contribution >= 0.6 is 0 Å². The number of hydrogen-bond acceptors (Lipinski definition) is 2. The molecule has 0 aromatic carbocycles. The van der Waals surface area contributed by atoms with Crippen LogP contribution < -0.4 is 0 Å². The second-order valence-corrected chi connectivity index (χ2v) is 12.4. The Hall–Kier alpha value is -0.530. The van der Waals surface area contributed by atoms with E-state index in [1.54, 1.807) is 0 Å². The predicted molar refractivity (Wildman–Crippen MR) is 129 cm³/mol. The van der Waals surface area contributed by atoms with E-state index in [1.165, 1.54) is 89.9 Å². The quantitative estimate of drug-likeness (QED) is 0.271. The molecule has 4 rings (SSSR count). The highest BCUT2D eigenvalue weighted by Gasteiger charge is 2.59. The molecule has 0 amide bonds. The number of unbranched alkanes of at least 4 members (excludes halogenated alkanes) is 3. The van der Waals surface area contributed by atoms with Gasteiger partial charge in [-0.2, -0.15) is 0 Å². The van der Waals surface area contributed by atoms with Crippen molar-refractivity contribution in [1.29, 1.82) is 0 Å². The third-order valence-corrected chi connectivity index (χ3v) is 11.0. The fourth-order valence-electron chi connectivity index (χ4n) is 9.16. The van der Waals surface area contributed by atoms with Gasteiger partial charge in [-0.15, -0.1) is 0 Å². The first-order valence-corrected chi connectivity index (χ1v) is 14.1. The van der Waals surface area contributed by atoms with Crippen molar-refractivity contribution in [2.45, 2.75) is 130 Å². The second-order valence-electron chi connectivity index (χ2n) is 12.4. The molecule has 2 nitrogen and oxygen atoms in total. The molecule has 4 fully saturated rings. The topological polar surface area (TPSA) is 26.3 Å². The van der Waals surface area contributed by atoms with E-state index in [9.17, 15) is 4.79 Å². The third-order valence-electron chi connectivity index (χ3n) is 11.0. The van der Waals surface area contributed by atoms with E-state index in [-0.39, 0.29) is 5.97 Å². The summed E-state index contributed by atoms with van der Waals surface area (Å²) in [5, 5.41) is 0. The Kier molecular flexibility index (Phi) is 7.75. The van der Waals surface area contributed by atoms with Gasteiger partial charge in [0.2, 0.25) is 0 Å². The highest BCUT2D eigenvalue weighted by Crippen LogP contribution is 2.67. The molecule has 0 aromatic rings. The van der Waals surface area contributed by atoms with E-state index in [0.29, 0.717) is 23.9 Å². The van der Waals surface area contributed by atoms with Gasteiger partial charge in [-0.25, -0.2) is 0 Å². The summed E-state index contributed by atoms with van der Waals surface area (Å²) >= 11 is 0. The first-order valence-electron chi connectivity index (χ1n) is 14.1.